The third kappa shape index (κ3) is 33.7. The highest BCUT2D eigenvalue weighted by molar-refractivity contribution is 5.70. The van der Waals surface area contributed by atoms with Crippen LogP contribution in [0.15, 0.2) is 97.2 Å². The summed E-state index contributed by atoms with van der Waals surface area (Å²) in [6, 6.07) is 0. The van der Waals surface area contributed by atoms with Crippen LogP contribution in [-0.4, -0.2) is 36.4 Å². The molecule has 5 heteroatoms. The smallest absolute Gasteiger partial charge is 0.306 e. The molecular formula is C41H64O5. The Labute approximate surface area is 281 Å². The SMILES string of the molecule is CC/C=C\C/C=C\C/C=C\C/C=C\C/C=C\CCCC(=O)O[C@@H](CO)COC(=O)CCCCCCC/C=C\C/C=C\C/C=C\CC. The Morgan fingerprint density at radius 2 is 0.891 bits per heavy atom. The molecule has 0 aromatic rings. The van der Waals surface area contributed by atoms with Crippen LogP contribution in [0, 0.1) is 0 Å². The molecule has 0 saturated carbocycles. The molecule has 0 bridgehead atoms. The van der Waals surface area contributed by atoms with Crippen LogP contribution < -0.4 is 0 Å². The van der Waals surface area contributed by atoms with E-state index in [2.05, 4.69) is 111 Å². The molecule has 0 aromatic carbocycles. The predicted octanol–water partition coefficient (Wildman–Crippen LogP) is 10.9. The standard InChI is InChI=1S/C41H64O5/c1-3-5-7-9-11-13-15-17-19-20-22-24-26-28-30-32-34-36-41(44)46-39(37-42)38-45-40(43)35-33-31-29-27-25-23-21-18-16-14-12-10-8-6-4-2/h5-8,11-14,17-19,21-22,24,28,30,39,42H,3-4,9-10,15-16,20,23,25-27,29,31-38H2,1-2H3/b7-5-,8-6-,13-11-,14-12-,19-17-,21-18-,24-22-,30-28-/t39-/m0/s1. The van der Waals surface area contributed by atoms with Gasteiger partial charge >= 0.3 is 11.9 Å². The Balaban J connectivity index is 3.76. The van der Waals surface area contributed by atoms with E-state index in [-0.39, 0.29) is 31.6 Å². The maximum absolute atomic E-state index is 12.1. The fourth-order valence-corrected chi connectivity index (χ4v) is 4.25. The van der Waals surface area contributed by atoms with Crippen LogP contribution in [0.25, 0.3) is 0 Å². The number of carbonyl (C=O) groups excluding carboxylic acids is 2. The number of aliphatic hydroxyl groups excluding tert-OH is 1. The van der Waals surface area contributed by atoms with E-state index < -0.39 is 6.10 Å². The number of rotatable bonds is 30. The number of hydrogen-bond acceptors (Lipinski definition) is 5. The van der Waals surface area contributed by atoms with E-state index >= 15 is 0 Å². The maximum Gasteiger partial charge on any atom is 0.306 e. The molecule has 0 spiro atoms. The number of ether oxygens (including phenoxy) is 2. The molecule has 1 N–H and O–H groups in total. The van der Waals surface area contributed by atoms with Gasteiger partial charge in [0, 0.05) is 12.8 Å². The van der Waals surface area contributed by atoms with Crippen molar-refractivity contribution in [1.82, 2.24) is 0 Å². The second-order valence-corrected chi connectivity index (χ2v) is 11.2. The van der Waals surface area contributed by atoms with Gasteiger partial charge < -0.3 is 14.6 Å². The van der Waals surface area contributed by atoms with Gasteiger partial charge in [-0.05, 0) is 83.5 Å². The molecule has 5 nitrogen and oxygen atoms in total. The predicted molar refractivity (Wildman–Crippen MR) is 195 cm³/mol. The van der Waals surface area contributed by atoms with E-state index in [1.165, 1.54) is 0 Å². The number of esters is 2. The van der Waals surface area contributed by atoms with Gasteiger partial charge in [0.05, 0.1) is 6.61 Å². The van der Waals surface area contributed by atoms with Gasteiger partial charge in [0.25, 0.3) is 0 Å². The molecule has 0 unspecified atom stereocenters. The molecule has 0 rings (SSSR count). The minimum Gasteiger partial charge on any atom is -0.462 e. The number of aliphatic hydroxyl groups is 1. The minimum atomic E-state index is -0.813. The summed E-state index contributed by atoms with van der Waals surface area (Å²) in [5.41, 5.74) is 0. The van der Waals surface area contributed by atoms with E-state index in [9.17, 15) is 14.7 Å². The Morgan fingerprint density at radius 3 is 1.37 bits per heavy atom. The zero-order valence-corrected chi connectivity index (χ0v) is 29.0. The van der Waals surface area contributed by atoms with Crippen LogP contribution in [0.4, 0.5) is 0 Å². The Hall–Kier alpha value is -3.18. The maximum atomic E-state index is 12.1. The first-order valence-electron chi connectivity index (χ1n) is 17.8. The number of allylic oxidation sites excluding steroid dienone is 16. The van der Waals surface area contributed by atoms with Crippen molar-refractivity contribution in [1.29, 1.82) is 0 Å². The molecular weight excluding hydrogens is 572 g/mol. The van der Waals surface area contributed by atoms with Crippen molar-refractivity contribution in [2.75, 3.05) is 13.2 Å². The fourth-order valence-electron chi connectivity index (χ4n) is 4.25. The zero-order valence-electron chi connectivity index (χ0n) is 29.0. The van der Waals surface area contributed by atoms with Gasteiger partial charge in [-0.1, -0.05) is 130 Å². The van der Waals surface area contributed by atoms with Crippen LogP contribution in [0.1, 0.15) is 129 Å². The normalized spacial score (nSPS) is 13.4. The first-order chi connectivity index (χ1) is 22.6. The molecule has 0 saturated heterocycles. The third-order valence-corrected chi connectivity index (χ3v) is 6.87. The number of unbranched alkanes of at least 4 members (excludes halogenated alkanes) is 6. The van der Waals surface area contributed by atoms with Crippen LogP contribution in [0.5, 0.6) is 0 Å². The summed E-state index contributed by atoms with van der Waals surface area (Å²) >= 11 is 0. The highest BCUT2D eigenvalue weighted by Gasteiger charge is 2.15. The van der Waals surface area contributed by atoms with Crippen LogP contribution in [-0.2, 0) is 19.1 Å². The van der Waals surface area contributed by atoms with Gasteiger partial charge in [-0.2, -0.15) is 0 Å². The molecule has 258 valence electrons. The van der Waals surface area contributed by atoms with Crippen molar-refractivity contribution in [3.8, 4) is 0 Å². The molecule has 0 heterocycles. The topological polar surface area (TPSA) is 72.8 Å². The van der Waals surface area contributed by atoms with Gasteiger partial charge in [0.15, 0.2) is 6.10 Å². The van der Waals surface area contributed by atoms with Crippen LogP contribution >= 0.6 is 0 Å². The minimum absolute atomic E-state index is 0.104. The Kier molecular flexibility index (Phi) is 33.8. The summed E-state index contributed by atoms with van der Waals surface area (Å²) in [6.45, 7) is 3.82. The fraction of sp³-hybridized carbons (Fsp3) is 0.561. The number of hydrogen-bond donors (Lipinski definition) is 1. The van der Waals surface area contributed by atoms with Gasteiger partial charge in [-0.3, -0.25) is 9.59 Å². The van der Waals surface area contributed by atoms with Crippen molar-refractivity contribution >= 4 is 11.9 Å². The van der Waals surface area contributed by atoms with Gasteiger partial charge in [-0.25, -0.2) is 0 Å². The van der Waals surface area contributed by atoms with Crippen LogP contribution in [0.2, 0.25) is 0 Å². The summed E-state index contributed by atoms with van der Waals surface area (Å²) in [4.78, 5) is 24.2. The summed E-state index contributed by atoms with van der Waals surface area (Å²) in [7, 11) is 0. The highest BCUT2D eigenvalue weighted by atomic mass is 16.6. The largest absolute Gasteiger partial charge is 0.462 e. The summed E-state index contributed by atoms with van der Waals surface area (Å²) in [5.74, 6) is -0.692. The molecule has 0 aliphatic carbocycles. The van der Waals surface area contributed by atoms with Crippen molar-refractivity contribution in [2.45, 2.75) is 136 Å². The quantitative estimate of drug-likeness (QED) is 0.0482. The Morgan fingerprint density at radius 1 is 0.500 bits per heavy atom. The summed E-state index contributed by atoms with van der Waals surface area (Å²) in [6.07, 6.45) is 50.3. The lowest BCUT2D eigenvalue weighted by molar-refractivity contribution is -0.161. The van der Waals surface area contributed by atoms with Crippen LogP contribution in [0.3, 0.4) is 0 Å². The molecule has 0 aliphatic rings. The van der Waals surface area contributed by atoms with E-state index in [1.807, 2.05) is 0 Å². The summed E-state index contributed by atoms with van der Waals surface area (Å²) in [5, 5.41) is 9.52. The molecule has 46 heavy (non-hydrogen) atoms. The van der Waals surface area contributed by atoms with Crippen molar-refractivity contribution in [3.63, 3.8) is 0 Å². The average molecular weight is 637 g/mol. The first-order valence-corrected chi connectivity index (χ1v) is 17.8. The molecule has 1 atom stereocenters. The number of carbonyl (C=O) groups is 2. The van der Waals surface area contributed by atoms with Gasteiger partial charge in [-0.15, -0.1) is 0 Å². The molecule has 0 aliphatic heterocycles. The van der Waals surface area contributed by atoms with Crippen molar-refractivity contribution in [2.24, 2.45) is 0 Å². The molecule has 0 aromatic heterocycles. The van der Waals surface area contributed by atoms with E-state index in [1.54, 1.807) is 0 Å². The second-order valence-electron chi connectivity index (χ2n) is 11.2. The lowest BCUT2D eigenvalue weighted by Crippen LogP contribution is -2.28. The molecule has 0 radical (unpaired) electrons. The molecule has 0 amide bonds. The highest BCUT2D eigenvalue weighted by Crippen LogP contribution is 2.09. The van der Waals surface area contributed by atoms with Gasteiger partial charge in [0.1, 0.15) is 6.61 Å². The third-order valence-electron chi connectivity index (χ3n) is 6.87. The lowest BCUT2D eigenvalue weighted by atomic mass is 10.1. The van der Waals surface area contributed by atoms with Crippen molar-refractivity contribution in [3.05, 3.63) is 97.2 Å². The van der Waals surface area contributed by atoms with Gasteiger partial charge in [0.2, 0.25) is 0 Å². The Bertz CT molecular complexity index is 948. The van der Waals surface area contributed by atoms with E-state index in [0.29, 0.717) is 12.8 Å². The monoisotopic (exact) mass is 636 g/mol. The molecule has 0 fully saturated rings. The first kappa shape index (κ1) is 42.8. The van der Waals surface area contributed by atoms with Crippen molar-refractivity contribution < 1.29 is 24.2 Å². The lowest BCUT2D eigenvalue weighted by Gasteiger charge is -2.15. The van der Waals surface area contributed by atoms with E-state index in [4.69, 9.17) is 9.47 Å². The van der Waals surface area contributed by atoms with E-state index in [0.717, 1.165) is 96.3 Å². The zero-order chi connectivity index (χ0) is 33.6. The average Bonchev–Trinajstić information content (AvgIpc) is 3.06. The second kappa shape index (κ2) is 36.3. The summed E-state index contributed by atoms with van der Waals surface area (Å²) < 4.78 is 10.5.